The molecule has 0 radical (unpaired) electrons. The van der Waals surface area contributed by atoms with Crippen molar-refractivity contribution in [2.45, 2.75) is 22.1 Å². The number of halogens is 1. The van der Waals surface area contributed by atoms with E-state index in [1.54, 1.807) is 0 Å². The second-order valence-corrected chi connectivity index (χ2v) is 14.7. The van der Waals surface area contributed by atoms with E-state index in [2.05, 4.69) is 115 Å². The lowest BCUT2D eigenvalue weighted by atomic mass is 9.66. The van der Waals surface area contributed by atoms with Crippen LogP contribution in [0.15, 0.2) is 99.1 Å². The first-order valence-corrected chi connectivity index (χ1v) is 17.3. The smallest absolute Gasteiger partial charge is 0.149 e. The highest BCUT2D eigenvalue weighted by molar-refractivity contribution is 7.99. The van der Waals surface area contributed by atoms with Crippen molar-refractivity contribution in [1.82, 2.24) is 0 Å². The van der Waals surface area contributed by atoms with Crippen molar-refractivity contribution in [3.63, 3.8) is 0 Å². The van der Waals surface area contributed by atoms with Crippen molar-refractivity contribution in [1.29, 1.82) is 0 Å². The number of furan rings is 1. The zero-order valence-corrected chi connectivity index (χ0v) is 28.8. The van der Waals surface area contributed by atoms with Crippen LogP contribution in [0.5, 0.6) is 5.75 Å². The number of rotatable bonds is 1. The van der Waals surface area contributed by atoms with Gasteiger partial charge in [-0.25, -0.2) is 0 Å². The monoisotopic (exact) mass is 638 g/mol. The van der Waals surface area contributed by atoms with E-state index in [0.29, 0.717) is 5.75 Å². The van der Waals surface area contributed by atoms with Gasteiger partial charge in [-0.1, -0.05) is 118 Å². The fraction of sp³-hybridized carbons (Fsp3) is 0.0526. The molecule has 0 unspecified atom stereocenters. The topological polar surface area (TPSA) is 33.4 Å². The third-order valence-electron chi connectivity index (χ3n) is 11.2. The predicted octanol–water partition coefficient (Wildman–Crippen LogP) is 2.04. The van der Waals surface area contributed by atoms with Crippen molar-refractivity contribution in [2.75, 3.05) is 0 Å². The molecule has 1 aliphatic heterocycles. The Morgan fingerprint density at radius 1 is 0.638 bits per heavy atom. The number of aromatic hydroxyl groups is 1. The normalized spacial score (nSPS) is 13.9. The summed E-state index contributed by atoms with van der Waals surface area (Å²) in [4.78, 5) is 2.38. The van der Waals surface area contributed by atoms with Crippen LogP contribution in [0.3, 0.4) is 0 Å². The van der Waals surface area contributed by atoms with Gasteiger partial charge in [0.25, 0.3) is 0 Å². The van der Waals surface area contributed by atoms with E-state index in [1.807, 2.05) is 27.5 Å². The summed E-state index contributed by atoms with van der Waals surface area (Å²) in [5.41, 5.74) is 17.0. The molecule has 2 aliphatic rings. The Kier molecular flexibility index (Phi) is 6.15. The van der Waals surface area contributed by atoms with Gasteiger partial charge in [-0.05, 0) is 57.9 Å². The Labute approximate surface area is 288 Å². The van der Waals surface area contributed by atoms with Crippen LogP contribution in [0.25, 0.3) is 44.2 Å². The van der Waals surface area contributed by atoms with Gasteiger partial charge >= 0.3 is 0 Å². The quantitative estimate of drug-likeness (QED) is 0.280. The zero-order valence-electron chi connectivity index (χ0n) is 27.2. The third kappa shape index (κ3) is 3.50. The molecule has 9 heteroatoms. The molecule has 1 aromatic heterocycles. The summed E-state index contributed by atoms with van der Waals surface area (Å²) in [7, 11) is 10.5. The average Bonchev–Trinajstić information content (AvgIpc) is 3.62. The van der Waals surface area contributed by atoms with E-state index in [-0.39, 0.29) is 0 Å². The van der Waals surface area contributed by atoms with Crippen LogP contribution in [-0.4, -0.2) is 44.3 Å². The van der Waals surface area contributed by atoms with Crippen molar-refractivity contribution < 1.29 is 9.52 Å². The van der Waals surface area contributed by atoms with Gasteiger partial charge in [-0.3, -0.25) is 0 Å². The Morgan fingerprint density at radius 3 is 1.89 bits per heavy atom. The van der Waals surface area contributed by atoms with Gasteiger partial charge < -0.3 is 9.52 Å². The van der Waals surface area contributed by atoms with Crippen LogP contribution in [0.2, 0.25) is 5.02 Å². The minimum atomic E-state index is -0.575. The van der Waals surface area contributed by atoms with Gasteiger partial charge in [-0.2, -0.15) is 0 Å². The fourth-order valence-corrected chi connectivity index (χ4v) is 10.3. The molecule has 9 rings (SSSR count). The molecular weight excluding hydrogens is 610 g/mol. The molecule has 7 aromatic rings. The van der Waals surface area contributed by atoms with E-state index in [9.17, 15) is 5.11 Å². The number of hydrogen-bond acceptors (Lipinski definition) is 3. The average molecular weight is 638 g/mol. The Balaban J connectivity index is 1.47. The maximum atomic E-state index is 11.1. The van der Waals surface area contributed by atoms with Crippen molar-refractivity contribution in [3.05, 3.63) is 118 Å². The lowest BCUT2D eigenvalue weighted by molar-refractivity contribution is 0.484. The second kappa shape index (κ2) is 9.95. The molecule has 2 nitrogen and oxygen atoms in total. The van der Waals surface area contributed by atoms with Crippen LogP contribution >= 0.6 is 23.4 Å². The van der Waals surface area contributed by atoms with Crippen LogP contribution in [-0.2, 0) is 5.41 Å². The highest BCUT2D eigenvalue weighted by Gasteiger charge is 2.51. The lowest BCUT2D eigenvalue weighted by Gasteiger charge is -2.41. The number of phenolic OH excluding ortho intramolecular Hbond substituents is 1. The summed E-state index contributed by atoms with van der Waals surface area (Å²) in [6.07, 6.45) is 0. The van der Waals surface area contributed by atoms with E-state index in [4.69, 9.17) is 16.0 Å². The molecule has 0 saturated heterocycles. The number of phenols is 1. The number of benzene rings is 6. The maximum absolute atomic E-state index is 11.1. The molecule has 1 spiro atoms. The van der Waals surface area contributed by atoms with Crippen molar-refractivity contribution in [3.8, 4) is 28.0 Å². The number of hydrogen-bond donors (Lipinski definition) is 1. The van der Waals surface area contributed by atoms with Gasteiger partial charge in [0, 0.05) is 42.3 Å². The molecule has 0 atom stereocenters. The van der Waals surface area contributed by atoms with Gasteiger partial charge in [0.15, 0.2) is 0 Å². The Morgan fingerprint density at radius 2 is 1.21 bits per heavy atom. The van der Waals surface area contributed by atoms with Gasteiger partial charge in [0.2, 0.25) is 0 Å². The van der Waals surface area contributed by atoms with Gasteiger partial charge in [-0.15, -0.1) is 0 Å². The highest BCUT2D eigenvalue weighted by Crippen LogP contribution is 2.64. The van der Waals surface area contributed by atoms with E-state index < -0.39 is 5.41 Å². The third-order valence-corrected chi connectivity index (χ3v) is 12.7. The van der Waals surface area contributed by atoms with Crippen LogP contribution in [0.1, 0.15) is 27.8 Å². The maximum Gasteiger partial charge on any atom is 0.149 e. The molecule has 0 saturated carbocycles. The molecule has 2 heterocycles. The molecule has 0 bridgehead atoms. The molecular formula is C38H28B5ClO2S. The highest BCUT2D eigenvalue weighted by atomic mass is 35.5. The first-order valence-electron chi connectivity index (χ1n) is 16.1. The first-order chi connectivity index (χ1) is 22.7. The molecule has 0 amide bonds. The molecule has 47 heavy (non-hydrogen) atoms. The van der Waals surface area contributed by atoms with E-state index in [0.717, 1.165) is 64.9 Å². The summed E-state index contributed by atoms with van der Waals surface area (Å²) in [5.74, 6) is 0.304. The SMILES string of the molecule is Bc1c(O)c(B)c2oc3c(-c4ccc(Cl)c5c4Sc4ccccc4C54c5ccccc5-c5ccccc54)c(C)c(B)c(B)c3c2c1B. The standard InChI is InChI=1S/C38H28B5ClO2S/c1-16-25(35-26(30(40)29(16)39)27-31(41)32(42)34(45)33(43)36(27)46-35)19-14-15-23(44)28-37(19)47-24-13-7-6-12-22(24)38(28)20-10-4-2-8-17(20)18-9-3-5-11-21(18)38/h2-15,45H,39-43H2,1H3. The molecule has 0 fully saturated rings. The van der Waals surface area contributed by atoms with E-state index in [1.165, 1.54) is 49.2 Å². The summed E-state index contributed by atoms with van der Waals surface area (Å²) in [6.45, 7) is 2.21. The Hall–Kier alpha value is -4.12. The van der Waals surface area contributed by atoms with Crippen molar-refractivity contribution >= 4 is 112 Å². The largest absolute Gasteiger partial charge is 0.509 e. The Bertz CT molecular complexity index is 2510. The summed E-state index contributed by atoms with van der Waals surface area (Å²) >= 11 is 9.27. The molecule has 6 aromatic carbocycles. The minimum Gasteiger partial charge on any atom is -0.509 e. The van der Waals surface area contributed by atoms with Crippen molar-refractivity contribution in [2.24, 2.45) is 0 Å². The number of fused-ring (bicyclic) bond motifs is 12. The lowest BCUT2D eigenvalue weighted by Crippen LogP contribution is -2.34. The molecule has 1 N–H and O–H groups in total. The van der Waals surface area contributed by atoms with Crippen LogP contribution in [0.4, 0.5) is 0 Å². The van der Waals surface area contributed by atoms with Gasteiger partial charge in [0.05, 0.1) is 5.41 Å². The van der Waals surface area contributed by atoms with Gasteiger partial charge in [0.1, 0.15) is 56.1 Å². The summed E-state index contributed by atoms with van der Waals surface area (Å²) in [5, 5.41) is 14.0. The second-order valence-electron chi connectivity index (χ2n) is 13.2. The minimum absolute atomic E-state index is 0.304. The predicted molar refractivity (Wildman–Crippen MR) is 213 cm³/mol. The molecule has 220 valence electrons. The fourth-order valence-electron chi connectivity index (χ4n) is 8.61. The van der Waals surface area contributed by atoms with E-state index >= 15 is 0 Å². The summed E-state index contributed by atoms with van der Waals surface area (Å²) in [6, 6.07) is 30.8. The first kappa shape index (κ1) is 29.1. The summed E-state index contributed by atoms with van der Waals surface area (Å²) < 4.78 is 6.92. The van der Waals surface area contributed by atoms with Crippen LogP contribution < -0.4 is 27.3 Å². The molecule has 1 aliphatic carbocycles. The zero-order chi connectivity index (χ0) is 32.5. The van der Waals surface area contributed by atoms with Crippen LogP contribution in [0, 0.1) is 6.92 Å².